The van der Waals surface area contributed by atoms with Crippen molar-refractivity contribution in [2.75, 3.05) is 13.1 Å². The third-order valence-electron chi connectivity index (χ3n) is 2.65. The molecule has 0 unspecified atom stereocenters. The number of ether oxygens (including phenoxy) is 1. The number of rotatable bonds is 6. The minimum Gasteiger partial charge on any atom is -0.486 e. The molecule has 1 heterocycles. The molecule has 0 bridgehead atoms. The van der Waals surface area contributed by atoms with Crippen LogP contribution in [-0.2, 0) is 6.61 Å². The highest BCUT2D eigenvalue weighted by Crippen LogP contribution is 2.16. The van der Waals surface area contributed by atoms with Gasteiger partial charge < -0.3 is 15.8 Å². The van der Waals surface area contributed by atoms with Crippen LogP contribution < -0.4 is 15.8 Å². The zero-order valence-corrected chi connectivity index (χ0v) is 11.1. The zero-order valence-electron chi connectivity index (χ0n) is 11.1. The Kier molecular flexibility index (Phi) is 5.08. The van der Waals surface area contributed by atoms with Crippen molar-refractivity contribution < 1.29 is 9.53 Å². The summed E-state index contributed by atoms with van der Waals surface area (Å²) < 4.78 is 5.67. The first-order chi connectivity index (χ1) is 9.81. The Hall–Kier alpha value is -2.40. The molecule has 0 aliphatic heterocycles. The average molecular weight is 271 g/mol. The van der Waals surface area contributed by atoms with E-state index in [-0.39, 0.29) is 11.6 Å². The number of nitrogens with two attached hydrogens (primary N) is 1. The third-order valence-corrected chi connectivity index (χ3v) is 2.65. The molecule has 0 aliphatic rings. The SMILES string of the molecule is NCCNC(=O)c1ncccc1OCc1ccccc1. The highest BCUT2D eigenvalue weighted by atomic mass is 16.5. The van der Waals surface area contributed by atoms with Crippen molar-refractivity contribution in [2.24, 2.45) is 5.73 Å². The van der Waals surface area contributed by atoms with Gasteiger partial charge in [-0.05, 0) is 17.7 Å². The van der Waals surface area contributed by atoms with Crippen LogP contribution in [0.4, 0.5) is 0 Å². The summed E-state index contributed by atoms with van der Waals surface area (Å²) in [6, 6.07) is 13.2. The van der Waals surface area contributed by atoms with Gasteiger partial charge in [0, 0.05) is 19.3 Å². The van der Waals surface area contributed by atoms with E-state index in [9.17, 15) is 4.79 Å². The lowest BCUT2D eigenvalue weighted by Gasteiger charge is -2.10. The van der Waals surface area contributed by atoms with Crippen LogP contribution >= 0.6 is 0 Å². The molecule has 2 rings (SSSR count). The monoisotopic (exact) mass is 271 g/mol. The fourth-order valence-electron chi connectivity index (χ4n) is 1.68. The van der Waals surface area contributed by atoms with Crippen molar-refractivity contribution in [2.45, 2.75) is 6.61 Å². The number of nitrogens with one attached hydrogen (secondary N) is 1. The highest BCUT2D eigenvalue weighted by molar-refractivity contribution is 5.94. The predicted octanol–water partition coefficient (Wildman–Crippen LogP) is 1.35. The molecule has 0 saturated carbocycles. The Morgan fingerprint density at radius 1 is 1.20 bits per heavy atom. The fourth-order valence-corrected chi connectivity index (χ4v) is 1.68. The van der Waals surface area contributed by atoms with Gasteiger partial charge in [-0.1, -0.05) is 30.3 Å². The third kappa shape index (κ3) is 3.80. The maximum Gasteiger partial charge on any atom is 0.273 e. The molecule has 0 saturated heterocycles. The lowest BCUT2D eigenvalue weighted by Crippen LogP contribution is -2.30. The first kappa shape index (κ1) is 14.0. The molecule has 5 nitrogen and oxygen atoms in total. The Bertz CT molecular complexity index is 558. The smallest absolute Gasteiger partial charge is 0.273 e. The molecule has 3 N–H and O–H groups in total. The summed E-state index contributed by atoms with van der Waals surface area (Å²) in [7, 11) is 0. The quantitative estimate of drug-likeness (QED) is 0.831. The first-order valence-electron chi connectivity index (χ1n) is 6.41. The molecule has 1 amide bonds. The molecule has 1 aromatic heterocycles. The molecule has 0 radical (unpaired) electrons. The van der Waals surface area contributed by atoms with Gasteiger partial charge in [-0.3, -0.25) is 4.79 Å². The second kappa shape index (κ2) is 7.25. The molecule has 2 aromatic rings. The summed E-state index contributed by atoms with van der Waals surface area (Å²) in [6.45, 7) is 1.19. The number of hydrogen-bond donors (Lipinski definition) is 2. The van der Waals surface area contributed by atoms with Crippen LogP contribution in [0.1, 0.15) is 16.1 Å². The number of hydrogen-bond acceptors (Lipinski definition) is 4. The Morgan fingerprint density at radius 3 is 2.75 bits per heavy atom. The van der Waals surface area contributed by atoms with Crippen LogP contribution in [0, 0.1) is 0 Å². The van der Waals surface area contributed by atoms with E-state index in [1.54, 1.807) is 18.3 Å². The standard InChI is InChI=1S/C15H17N3O2/c16-8-10-18-15(19)14-13(7-4-9-17-14)20-11-12-5-2-1-3-6-12/h1-7,9H,8,10-11,16H2,(H,18,19). The van der Waals surface area contributed by atoms with Crippen LogP contribution in [0.2, 0.25) is 0 Å². The number of aromatic nitrogens is 1. The Morgan fingerprint density at radius 2 is 2.00 bits per heavy atom. The topological polar surface area (TPSA) is 77.2 Å². The molecule has 0 spiro atoms. The van der Waals surface area contributed by atoms with E-state index >= 15 is 0 Å². The maximum atomic E-state index is 11.9. The van der Waals surface area contributed by atoms with E-state index in [4.69, 9.17) is 10.5 Å². The molecule has 0 aliphatic carbocycles. The fraction of sp³-hybridized carbons (Fsp3) is 0.200. The lowest BCUT2D eigenvalue weighted by molar-refractivity contribution is 0.0944. The summed E-state index contributed by atoms with van der Waals surface area (Å²) in [5.74, 6) is 0.185. The first-order valence-corrected chi connectivity index (χ1v) is 6.41. The molecule has 0 fully saturated rings. The van der Waals surface area contributed by atoms with Crippen LogP contribution in [0.3, 0.4) is 0 Å². The van der Waals surface area contributed by atoms with E-state index < -0.39 is 0 Å². The summed E-state index contributed by atoms with van der Waals surface area (Å²) in [5, 5.41) is 2.68. The van der Waals surface area contributed by atoms with Crippen molar-refractivity contribution in [1.29, 1.82) is 0 Å². The number of carbonyl (C=O) groups is 1. The maximum absolute atomic E-state index is 11.9. The molecule has 104 valence electrons. The average Bonchev–Trinajstić information content (AvgIpc) is 2.52. The molecule has 1 aromatic carbocycles. The van der Waals surface area contributed by atoms with Gasteiger partial charge in [-0.2, -0.15) is 0 Å². The van der Waals surface area contributed by atoms with Gasteiger partial charge in [-0.15, -0.1) is 0 Å². The van der Waals surface area contributed by atoms with Crippen LogP contribution in [0.5, 0.6) is 5.75 Å². The second-order valence-electron chi connectivity index (χ2n) is 4.17. The van der Waals surface area contributed by atoms with E-state index in [1.165, 1.54) is 0 Å². The zero-order chi connectivity index (χ0) is 14.2. The summed E-state index contributed by atoms with van der Waals surface area (Å²) in [4.78, 5) is 16.0. The predicted molar refractivity (Wildman–Crippen MR) is 76.4 cm³/mol. The van der Waals surface area contributed by atoms with Crippen molar-refractivity contribution in [1.82, 2.24) is 10.3 Å². The van der Waals surface area contributed by atoms with Crippen LogP contribution in [0.25, 0.3) is 0 Å². The molecule has 0 atom stereocenters. The van der Waals surface area contributed by atoms with E-state index in [1.807, 2.05) is 30.3 Å². The Labute approximate surface area is 117 Å². The van der Waals surface area contributed by atoms with Gasteiger partial charge >= 0.3 is 0 Å². The number of benzene rings is 1. The van der Waals surface area contributed by atoms with E-state index in [0.717, 1.165) is 5.56 Å². The number of pyridine rings is 1. The molecular weight excluding hydrogens is 254 g/mol. The van der Waals surface area contributed by atoms with Gasteiger partial charge in [0.25, 0.3) is 5.91 Å². The van der Waals surface area contributed by atoms with Crippen LogP contribution in [-0.4, -0.2) is 24.0 Å². The molecular formula is C15H17N3O2. The molecule has 5 heteroatoms. The van der Waals surface area contributed by atoms with Gasteiger partial charge in [0.15, 0.2) is 11.4 Å². The number of amides is 1. The Balaban J connectivity index is 2.06. The summed E-state index contributed by atoms with van der Waals surface area (Å²) in [5.41, 5.74) is 6.67. The van der Waals surface area contributed by atoms with E-state index in [2.05, 4.69) is 10.3 Å². The summed E-state index contributed by atoms with van der Waals surface area (Å²) in [6.07, 6.45) is 1.56. The lowest BCUT2D eigenvalue weighted by atomic mass is 10.2. The normalized spacial score (nSPS) is 10.1. The minimum atomic E-state index is -0.279. The van der Waals surface area contributed by atoms with Gasteiger partial charge in [0.05, 0.1) is 0 Å². The van der Waals surface area contributed by atoms with Crippen molar-refractivity contribution in [3.63, 3.8) is 0 Å². The van der Waals surface area contributed by atoms with Crippen molar-refractivity contribution in [3.05, 3.63) is 59.9 Å². The van der Waals surface area contributed by atoms with Crippen molar-refractivity contribution >= 4 is 5.91 Å². The minimum absolute atomic E-state index is 0.275. The van der Waals surface area contributed by atoms with Crippen molar-refractivity contribution in [3.8, 4) is 5.75 Å². The van der Waals surface area contributed by atoms with Gasteiger partial charge in [-0.25, -0.2) is 4.98 Å². The summed E-state index contributed by atoms with van der Waals surface area (Å²) >= 11 is 0. The highest BCUT2D eigenvalue weighted by Gasteiger charge is 2.13. The second-order valence-corrected chi connectivity index (χ2v) is 4.17. The van der Waals surface area contributed by atoms with Gasteiger partial charge in [0.1, 0.15) is 6.61 Å². The number of carbonyl (C=O) groups excluding carboxylic acids is 1. The molecule has 20 heavy (non-hydrogen) atoms. The van der Waals surface area contributed by atoms with E-state index in [0.29, 0.717) is 25.4 Å². The largest absolute Gasteiger partial charge is 0.486 e. The van der Waals surface area contributed by atoms with Crippen LogP contribution in [0.15, 0.2) is 48.7 Å². The number of nitrogens with zero attached hydrogens (tertiary/aromatic N) is 1. The van der Waals surface area contributed by atoms with Gasteiger partial charge in [0.2, 0.25) is 0 Å².